The maximum Gasteiger partial charge on any atom is 0.154 e. The number of hydrogen-bond acceptors (Lipinski definition) is 8. The first-order chi connectivity index (χ1) is 16.5. The summed E-state index contributed by atoms with van der Waals surface area (Å²) in [6, 6.07) is 11.6. The van der Waals surface area contributed by atoms with Gasteiger partial charge in [-0.15, -0.1) is 0 Å². The lowest BCUT2D eigenvalue weighted by atomic mass is 10.2. The maximum absolute atomic E-state index is 11.7. The van der Waals surface area contributed by atoms with Crippen molar-refractivity contribution in [2.24, 2.45) is 5.73 Å². The van der Waals surface area contributed by atoms with Gasteiger partial charge in [0.15, 0.2) is 5.78 Å². The number of anilines is 2. The summed E-state index contributed by atoms with van der Waals surface area (Å²) in [5.41, 5.74) is 10.8. The number of ketones is 1. The van der Waals surface area contributed by atoms with Crippen molar-refractivity contribution in [3.05, 3.63) is 55.0 Å². The summed E-state index contributed by atoms with van der Waals surface area (Å²) < 4.78 is 12.5. The topological polar surface area (TPSA) is 108 Å². The Morgan fingerprint density at radius 3 is 2.47 bits per heavy atom. The summed E-state index contributed by atoms with van der Waals surface area (Å²) in [7, 11) is 3.25. The van der Waals surface area contributed by atoms with Crippen LogP contribution in [0.4, 0.5) is 11.4 Å². The molecule has 4 rings (SSSR count). The van der Waals surface area contributed by atoms with E-state index in [4.69, 9.17) is 20.2 Å². The van der Waals surface area contributed by atoms with Gasteiger partial charge >= 0.3 is 0 Å². The van der Waals surface area contributed by atoms with E-state index in [1.54, 1.807) is 31.3 Å². The second-order valence-electron chi connectivity index (χ2n) is 7.76. The third-order valence-corrected chi connectivity index (χ3v) is 5.50. The van der Waals surface area contributed by atoms with E-state index in [0.29, 0.717) is 36.7 Å². The highest BCUT2D eigenvalue weighted by atomic mass is 16.5. The molecule has 0 aliphatic carbocycles. The van der Waals surface area contributed by atoms with Crippen molar-refractivity contribution in [1.82, 2.24) is 19.7 Å². The zero-order valence-electron chi connectivity index (χ0n) is 19.6. The van der Waals surface area contributed by atoms with Gasteiger partial charge in [-0.2, -0.15) is 5.10 Å². The number of methoxy groups -OCH3 is 2. The molecule has 34 heavy (non-hydrogen) atoms. The molecular weight excluding hydrogens is 432 g/mol. The van der Waals surface area contributed by atoms with Gasteiger partial charge in [-0.25, -0.2) is 4.98 Å². The Labute approximate surface area is 198 Å². The molecule has 0 aliphatic heterocycles. The summed E-state index contributed by atoms with van der Waals surface area (Å²) in [6.45, 7) is 3.14. The first-order valence-corrected chi connectivity index (χ1v) is 11.1. The molecule has 9 heteroatoms. The number of nitrogens with zero attached hydrogens (tertiary/aromatic N) is 5. The van der Waals surface area contributed by atoms with Crippen LogP contribution < -0.4 is 20.1 Å². The molecule has 0 atom stereocenters. The van der Waals surface area contributed by atoms with Gasteiger partial charge in [0, 0.05) is 60.8 Å². The monoisotopic (exact) mass is 460 g/mol. The number of carbonyl (C=O) groups excluding carboxylic acids is 1. The Morgan fingerprint density at radius 1 is 1.03 bits per heavy atom. The highest BCUT2D eigenvalue weighted by Crippen LogP contribution is 2.33. The number of aromatic nitrogens is 4. The lowest BCUT2D eigenvalue weighted by Crippen LogP contribution is -2.24. The second kappa shape index (κ2) is 10.3. The molecule has 9 nitrogen and oxygen atoms in total. The zero-order chi connectivity index (χ0) is 24.1. The Kier molecular flexibility index (Phi) is 7.03. The van der Waals surface area contributed by atoms with Gasteiger partial charge in [0.05, 0.1) is 49.9 Å². The SMILES string of the molecule is CCC(=O)Cn1cc(-c2cnc3ccc(N(CCN)c4cc(OC)cc(OC)c4)cc3n2)cn1. The minimum atomic E-state index is 0.123. The Morgan fingerprint density at radius 2 is 1.79 bits per heavy atom. The van der Waals surface area contributed by atoms with E-state index in [-0.39, 0.29) is 12.3 Å². The number of rotatable bonds is 10. The molecule has 0 amide bonds. The van der Waals surface area contributed by atoms with E-state index in [1.807, 2.05) is 49.5 Å². The van der Waals surface area contributed by atoms with Crippen LogP contribution in [0.3, 0.4) is 0 Å². The molecule has 0 saturated carbocycles. The van der Waals surface area contributed by atoms with Crippen LogP contribution in [0.25, 0.3) is 22.3 Å². The molecule has 0 radical (unpaired) electrons. The second-order valence-corrected chi connectivity index (χ2v) is 7.76. The number of hydrogen-bond donors (Lipinski definition) is 1. The fraction of sp³-hybridized carbons (Fsp3) is 0.280. The largest absolute Gasteiger partial charge is 0.497 e. The lowest BCUT2D eigenvalue weighted by molar-refractivity contribution is -0.119. The molecule has 2 aromatic carbocycles. The van der Waals surface area contributed by atoms with E-state index in [9.17, 15) is 4.79 Å². The number of ether oxygens (including phenoxy) is 2. The van der Waals surface area contributed by atoms with Crippen LogP contribution in [0, 0.1) is 0 Å². The van der Waals surface area contributed by atoms with Gasteiger partial charge < -0.3 is 20.1 Å². The third kappa shape index (κ3) is 4.99. The summed E-state index contributed by atoms with van der Waals surface area (Å²) in [6.07, 6.45) is 5.71. The summed E-state index contributed by atoms with van der Waals surface area (Å²) >= 11 is 0. The van der Waals surface area contributed by atoms with Gasteiger partial charge in [-0.3, -0.25) is 14.5 Å². The van der Waals surface area contributed by atoms with E-state index in [0.717, 1.165) is 28.0 Å². The first-order valence-electron chi connectivity index (χ1n) is 11.1. The van der Waals surface area contributed by atoms with Crippen LogP contribution in [0.15, 0.2) is 55.0 Å². The third-order valence-electron chi connectivity index (χ3n) is 5.50. The fourth-order valence-corrected chi connectivity index (χ4v) is 3.67. The molecule has 0 unspecified atom stereocenters. The first kappa shape index (κ1) is 23.2. The number of fused-ring (bicyclic) bond motifs is 1. The van der Waals surface area contributed by atoms with E-state index >= 15 is 0 Å². The Hall–Kier alpha value is -3.98. The molecule has 176 valence electrons. The summed E-state index contributed by atoms with van der Waals surface area (Å²) in [4.78, 5) is 23.2. The quantitative estimate of drug-likeness (QED) is 0.383. The number of Topliss-reactive ketones (excluding diaryl/α,β-unsaturated/α-hetero) is 1. The predicted octanol–water partition coefficient (Wildman–Crippen LogP) is 3.59. The van der Waals surface area contributed by atoms with E-state index < -0.39 is 0 Å². The van der Waals surface area contributed by atoms with Gasteiger partial charge in [-0.05, 0) is 18.2 Å². The van der Waals surface area contributed by atoms with Crippen molar-refractivity contribution < 1.29 is 14.3 Å². The predicted molar refractivity (Wildman–Crippen MR) is 132 cm³/mol. The van der Waals surface area contributed by atoms with E-state index in [2.05, 4.69) is 15.0 Å². The normalized spacial score (nSPS) is 10.9. The number of nitrogens with two attached hydrogens (primary N) is 1. The molecule has 2 heterocycles. The molecule has 0 saturated heterocycles. The fourth-order valence-electron chi connectivity index (χ4n) is 3.67. The van der Waals surface area contributed by atoms with Gasteiger partial charge in [0.25, 0.3) is 0 Å². The molecule has 4 aromatic rings. The van der Waals surface area contributed by atoms with Crippen molar-refractivity contribution in [1.29, 1.82) is 0 Å². The molecule has 0 spiro atoms. The van der Waals surface area contributed by atoms with Crippen molar-refractivity contribution >= 4 is 28.2 Å². The van der Waals surface area contributed by atoms with Gasteiger partial charge in [0.1, 0.15) is 11.5 Å². The van der Waals surface area contributed by atoms with Crippen molar-refractivity contribution in [3.63, 3.8) is 0 Å². The van der Waals surface area contributed by atoms with Crippen LogP contribution in [0.2, 0.25) is 0 Å². The Balaban J connectivity index is 1.71. The van der Waals surface area contributed by atoms with Crippen LogP contribution in [-0.2, 0) is 11.3 Å². The molecule has 2 N–H and O–H groups in total. The van der Waals surface area contributed by atoms with Crippen LogP contribution in [0.1, 0.15) is 13.3 Å². The average molecular weight is 461 g/mol. The molecular formula is C25H28N6O3. The van der Waals surface area contributed by atoms with Crippen LogP contribution in [-0.4, -0.2) is 52.8 Å². The smallest absolute Gasteiger partial charge is 0.154 e. The van der Waals surface area contributed by atoms with Gasteiger partial charge in [0.2, 0.25) is 0 Å². The molecule has 2 aromatic heterocycles. The van der Waals surface area contributed by atoms with Crippen molar-refractivity contribution in [2.45, 2.75) is 19.9 Å². The van der Waals surface area contributed by atoms with Gasteiger partial charge in [-0.1, -0.05) is 6.92 Å². The Bertz CT molecular complexity index is 1280. The standard InChI is InChI=1S/C25H28N6O3/c1-4-20(32)16-30-15-17(13-28-30)25-14-27-23-6-5-18(11-24(23)29-25)31(8-7-26)19-9-21(33-2)12-22(10-19)34-3/h5-6,9-15H,4,7-8,16,26H2,1-3H3. The van der Waals surface area contributed by atoms with Crippen molar-refractivity contribution in [3.8, 4) is 22.8 Å². The summed E-state index contributed by atoms with van der Waals surface area (Å²) in [5.74, 6) is 1.51. The average Bonchev–Trinajstić information content (AvgIpc) is 3.34. The minimum Gasteiger partial charge on any atom is -0.497 e. The molecule has 0 bridgehead atoms. The lowest BCUT2D eigenvalue weighted by Gasteiger charge is -2.25. The molecule has 0 aliphatic rings. The number of benzene rings is 2. The van der Waals surface area contributed by atoms with Crippen LogP contribution in [0.5, 0.6) is 11.5 Å². The van der Waals surface area contributed by atoms with E-state index in [1.165, 1.54) is 0 Å². The minimum absolute atomic E-state index is 0.123. The van der Waals surface area contributed by atoms with Crippen molar-refractivity contribution in [2.75, 3.05) is 32.2 Å². The van der Waals surface area contributed by atoms with Crippen LogP contribution >= 0.6 is 0 Å². The number of carbonyl (C=O) groups is 1. The molecule has 0 fully saturated rings. The highest BCUT2D eigenvalue weighted by Gasteiger charge is 2.14. The highest BCUT2D eigenvalue weighted by molar-refractivity contribution is 5.83. The zero-order valence-corrected chi connectivity index (χ0v) is 19.6. The maximum atomic E-state index is 11.7. The summed E-state index contributed by atoms with van der Waals surface area (Å²) in [5, 5.41) is 4.29.